The van der Waals surface area contributed by atoms with Crippen LogP contribution in [0.25, 0.3) is 0 Å². The lowest BCUT2D eigenvalue weighted by Crippen LogP contribution is -2.29. The minimum absolute atomic E-state index is 0.214. The van der Waals surface area contributed by atoms with Gasteiger partial charge in [-0.1, -0.05) is 43.2 Å². The summed E-state index contributed by atoms with van der Waals surface area (Å²) >= 11 is 1.84. The van der Waals surface area contributed by atoms with Gasteiger partial charge in [0.1, 0.15) is 0 Å². The Balaban J connectivity index is 1.66. The van der Waals surface area contributed by atoms with Gasteiger partial charge >= 0.3 is 0 Å². The molecule has 0 unspecified atom stereocenters. The van der Waals surface area contributed by atoms with Crippen molar-refractivity contribution < 1.29 is 0 Å². The first-order valence-corrected chi connectivity index (χ1v) is 8.24. The van der Waals surface area contributed by atoms with Crippen LogP contribution in [0.15, 0.2) is 29.3 Å². The number of hydrogen-bond acceptors (Lipinski definition) is 4. The molecule has 0 amide bonds. The molecule has 0 radical (unpaired) electrons. The number of nitriles is 1. The highest BCUT2D eigenvalue weighted by atomic mass is 32.2. The Labute approximate surface area is 124 Å². The topological polar surface area (TPSA) is 48.2 Å². The number of aliphatic imine (C=N–C) groups is 1. The Kier molecular flexibility index (Phi) is 3.98. The fraction of sp³-hybridized carbons (Fsp3) is 0.500. The number of nitrogens with one attached hydrogen (secondary N) is 1. The van der Waals surface area contributed by atoms with Crippen molar-refractivity contribution in [3.05, 3.63) is 29.8 Å². The van der Waals surface area contributed by atoms with Crippen LogP contribution in [0.1, 0.15) is 37.7 Å². The standard InChI is InChI=1S/C16H19N3S/c17-11-8-13-4-6-14(7-5-13)18-15-19-16(12-20-15)9-2-1-3-10-16/h4-7H,1-3,8-10,12H2,(H,18,19). The van der Waals surface area contributed by atoms with Gasteiger partial charge in [-0.3, -0.25) is 4.99 Å². The molecule has 0 aromatic heterocycles. The van der Waals surface area contributed by atoms with Crippen molar-refractivity contribution in [2.75, 3.05) is 11.1 Å². The molecule has 0 atom stereocenters. The molecule has 1 aliphatic heterocycles. The summed E-state index contributed by atoms with van der Waals surface area (Å²) in [4.78, 5) is 4.95. The molecular weight excluding hydrogens is 266 g/mol. The fourth-order valence-corrected chi connectivity index (χ4v) is 4.14. The van der Waals surface area contributed by atoms with Gasteiger partial charge in [-0.15, -0.1) is 0 Å². The van der Waals surface area contributed by atoms with E-state index in [1.54, 1.807) is 0 Å². The maximum absolute atomic E-state index is 8.67. The summed E-state index contributed by atoms with van der Waals surface area (Å²) in [7, 11) is 0. The van der Waals surface area contributed by atoms with Crippen LogP contribution < -0.4 is 5.32 Å². The van der Waals surface area contributed by atoms with Crippen LogP contribution in [-0.2, 0) is 6.42 Å². The van der Waals surface area contributed by atoms with Crippen LogP contribution in [0.5, 0.6) is 0 Å². The first-order chi connectivity index (χ1) is 9.80. The van der Waals surface area contributed by atoms with Gasteiger partial charge < -0.3 is 5.32 Å². The molecule has 1 aromatic carbocycles. The average molecular weight is 285 g/mol. The predicted molar refractivity (Wildman–Crippen MR) is 85.1 cm³/mol. The highest BCUT2D eigenvalue weighted by Gasteiger charge is 2.36. The number of rotatable bonds is 2. The molecule has 2 aliphatic rings. The summed E-state index contributed by atoms with van der Waals surface area (Å²) in [6.45, 7) is 0. The summed E-state index contributed by atoms with van der Waals surface area (Å²) in [5.41, 5.74) is 2.33. The van der Waals surface area contributed by atoms with Gasteiger partial charge in [-0.05, 0) is 30.5 Å². The maximum Gasteiger partial charge on any atom is 0.161 e. The van der Waals surface area contributed by atoms with Gasteiger partial charge in [0.15, 0.2) is 5.17 Å². The first kappa shape index (κ1) is 13.5. The molecule has 1 spiro atoms. The Morgan fingerprint density at radius 1 is 1.20 bits per heavy atom. The number of benzene rings is 1. The molecule has 4 heteroatoms. The van der Waals surface area contributed by atoms with Crippen molar-refractivity contribution in [2.24, 2.45) is 4.99 Å². The Hall–Kier alpha value is -1.47. The lowest BCUT2D eigenvalue weighted by Gasteiger charge is -2.29. The molecule has 0 saturated heterocycles. The van der Waals surface area contributed by atoms with E-state index in [4.69, 9.17) is 10.3 Å². The molecule has 3 nitrogen and oxygen atoms in total. The summed E-state index contributed by atoms with van der Waals surface area (Å²) in [6, 6.07) is 10.2. The summed E-state index contributed by atoms with van der Waals surface area (Å²) in [5, 5.41) is 13.1. The quantitative estimate of drug-likeness (QED) is 0.894. The molecule has 1 heterocycles. The van der Waals surface area contributed by atoms with Crippen molar-refractivity contribution in [2.45, 2.75) is 44.1 Å². The third-order valence-electron chi connectivity index (χ3n) is 4.09. The Bertz CT molecular complexity index is 536. The van der Waals surface area contributed by atoms with E-state index in [9.17, 15) is 0 Å². The Morgan fingerprint density at radius 3 is 2.65 bits per heavy atom. The van der Waals surface area contributed by atoms with Crippen molar-refractivity contribution in [1.29, 1.82) is 5.26 Å². The number of nitrogens with zero attached hydrogens (tertiary/aromatic N) is 2. The van der Waals surface area contributed by atoms with Gasteiger partial charge in [0, 0.05) is 11.4 Å². The Morgan fingerprint density at radius 2 is 1.95 bits per heavy atom. The molecule has 1 aliphatic carbocycles. The van der Waals surface area contributed by atoms with E-state index >= 15 is 0 Å². The second-order valence-electron chi connectivity index (χ2n) is 5.65. The molecule has 20 heavy (non-hydrogen) atoms. The molecule has 1 saturated carbocycles. The second kappa shape index (κ2) is 5.88. The smallest absolute Gasteiger partial charge is 0.161 e. The fourth-order valence-electron chi connectivity index (χ4n) is 2.93. The molecule has 3 rings (SSSR count). The van der Waals surface area contributed by atoms with Gasteiger partial charge in [0.25, 0.3) is 0 Å². The highest BCUT2D eigenvalue weighted by molar-refractivity contribution is 8.14. The first-order valence-electron chi connectivity index (χ1n) is 7.25. The van der Waals surface area contributed by atoms with Crippen molar-refractivity contribution in [3.8, 4) is 6.07 Å². The van der Waals surface area contributed by atoms with E-state index < -0.39 is 0 Å². The normalized spacial score (nSPS) is 20.4. The number of thioether (sulfide) groups is 1. The molecule has 1 fully saturated rings. The largest absolute Gasteiger partial charge is 0.335 e. The SMILES string of the molecule is N#CCc1ccc(NC2=NC3(CCCCC3)CS2)cc1. The summed E-state index contributed by atoms with van der Waals surface area (Å²) in [6.07, 6.45) is 6.96. The van der Waals surface area contributed by atoms with Crippen LogP contribution in [0, 0.1) is 11.3 Å². The zero-order chi connectivity index (χ0) is 13.8. The average Bonchev–Trinajstić information content (AvgIpc) is 2.85. The van der Waals surface area contributed by atoms with Gasteiger partial charge in [-0.2, -0.15) is 5.26 Å². The number of amidine groups is 1. The lowest BCUT2D eigenvalue weighted by atomic mass is 9.84. The molecule has 0 bridgehead atoms. The van der Waals surface area contributed by atoms with Gasteiger partial charge in [0.2, 0.25) is 0 Å². The van der Waals surface area contributed by atoms with E-state index in [2.05, 4.69) is 11.4 Å². The maximum atomic E-state index is 8.67. The second-order valence-corrected chi connectivity index (χ2v) is 6.61. The minimum atomic E-state index is 0.214. The number of anilines is 1. The monoisotopic (exact) mass is 285 g/mol. The van der Waals surface area contributed by atoms with Crippen molar-refractivity contribution in [1.82, 2.24) is 0 Å². The highest BCUT2D eigenvalue weighted by Crippen LogP contribution is 2.39. The van der Waals surface area contributed by atoms with Crippen molar-refractivity contribution in [3.63, 3.8) is 0 Å². The van der Waals surface area contributed by atoms with E-state index in [1.807, 2.05) is 36.0 Å². The van der Waals surface area contributed by atoms with E-state index in [0.717, 1.165) is 22.2 Å². The molecular formula is C16H19N3S. The zero-order valence-electron chi connectivity index (χ0n) is 11.6. The minimum Gasteiger partial charge on any atom is -0.335 e. The summed E-state index contributed by atoms with van der Waals surface area (Å²) in [5.74, 6) is 1.13. The predicted octanol–water partition coefficient (Wildman–Crippen LogP) is 3.97. The van der Waals surface area contributed by atoms with Crippen LogP contribution in [-0.4, -0.2) is 16.5 Å². The van der Waals surface area contributed by atoms with E-state index in [0.29, 0.717) is 6.42 Å². The van der Waals surface area contributed by atoms with Gasteiger partial charge in [0.05, 0.1) is 18.0 Å². The van der Waals surface area contributed by atoms with Crippen LogP contribution in [0.3, 0.4) is 0 Å². The zero-order valence-corrected chi connectivity index (χ0v) is 12.4. The number of hydrogen-bond donors (Lipinski definition) is 1. The van der Waals surface area contributed by atoms with E-state index in [-0.39, 0.29) is 5.54 Å². The van der Waals surface area contributed by atoms with Crippen LogP contribution >= 0.6 is 11.8 Å². The third kappa shape index (κ3) is 2.99. The molecule has 1 aromatic rings. The van der Waals surface area contributed by atoms with Gasteiger partial charge in [-0.25, -0.2) is 0 Å². The van der Waals surface area contributed by atoms with Crippen LogP contribution in [0.2, 0.25) is 0 Å². The van der Waals surface area contributed by atoms with E-state index in [1.165, 1.54) is 32.1 Å². The lowest BCUT2D eigenvalue weighted by molar-refractivity contribution is 0.335. The molecule has 1 N–H and O–H groups in total. The summed E-state index contributed by atoms with van der Waals surface area (Å²) < 4.78 is 0. The van der Waals surface area contributed by atoms with Crippen molar-refractivity contribution >= 4 is 22.6 Å². The third-order valence-corrected chi connectivity index (χ3v) is 5.24. The van der Waals surface area contributed by atoms with Crippen LogP contribution in [0.4, 0.5) is 5.69 Å². The molecule has 104 valence electrons.